The van der Waals surface area contributed by atoms with Crippen LogP contribution in [-0.4, -0.2) is 24.5 Å². The average molecular weight is 342 g/mol. The number of benzene rings is 1. The molecule has 0 spiro atoms. The van der Waals surface area contributed by atoms with Crippen molar-refractivity contribution < 1.29 is 18.7 Å². The van der Waals surface area contributed by atoms with Crippen LogP contribution in [0.1, 0.15) is 38.2 Å². The summed E-state index contributed by atoms with van der Waals surface area (Å²) in [7, 11) is 1.31. The minimum atomic E-state index is -1.03. The molecule has 23 heavy (non-hydrogen) atoms. The van der Waals surface area contributed by atoms with Crippen molar-refractivity contribution in [3.8, 4) is 0 Å². The van der Waals surface area contributed by atoms with Gasteiger partial charge in [-0.3, -0.25) is 4.79 Å². The molecule has 2 unspecified atom stereocenters. The van der Waals surface area contributed by atoms with Gasteiger partial charge in [0.05, 0.1) is 13.5 Å². The van der Waals surface area contributed by atoms with E-state index in [-0.39, 0.29) is 17.0 Å². The second-order valence-corrected chi connectivity index (χ2v) is 6.61. The number of rotatable bonds is 4. The molecule has 1 aliphatic rings. The van der Waals surface area contributed by atoms with Crippen molar-refractivity contribution in [1.29, 1.82) is 0 Å². The van der Waals surface area contributed by atoms with Crippen molar-refractivity contribution in [2.45, 2.75) is 44.6 Å². The second kappa shape index (κ2) is 7.30. The number of nitrogens with one attached hydrogen (secondary N) is 1. The Morgan fingerprint density at radius 2 is 2.22 bits per heavy atom. The third-order valence-corrected chi connectivity index (χ3v) is 4.71. The van der Waals surface area contributed by atoms with E-state index in [9.17, 15) is 14.0 Å². The number of carbonyl (C=O) groups is 2. The summed E-state index contributed by atoms with van der Waals surface area (Å²) in [6, 6.07) is 4.27. The van der Waals surface area contributed by atoms with Gasteiger partial charge in [0.25, 0.3) is 0 Å². The normalized spacial score (nSPS) is 24.1. The number of ether oxygens (including phenoxy) is 1. The fraction of sp³-hybridized carbons (Fsp3) is 0.529. The predicted octanol–water partition coefficient (Wildman–Crippen LogP) is 3.26. The fourth-order valence-electron chi connectivity index (χ4n) is 3.27. The maximum Gasteiger partial charge on any atom is 0.331 e. The van der Waals surface area contributed by atoms with E-state index < -0.39 is 23.2 Å². The second-order valence-electron chi connectivity index (χ2n) is 6.20. The molecule has 1 aliphatic carbocycles. The van der Waals surface area contributed by atoms with Gasteiger partial charge in [0.2, 0.25) is 5.91 Å². The van der Waals surface area contributed by atoms with Crippen molar-refractivity contribution in [3.63, 3.8) is 0 Å². The Kier molecular flexibility index (Phi) is 5.63. The summed E-state index contributed by atoms with van der Waals surface area (Å²) in [6.07, 6.45) is 2.68. The van der Waals surface area contributed by atoms with E-state index >= 15 is 0 Å². The third-order valence-electron chi connectivity index (χ3n) is 4.35. The Balaban J connectivity index is 2.16. The molecule has 2 atom stereocenters. The van der Waals surface area contributed by atoms with Gasteiger partial charge in [-0.15, -0.1) is 0 Å². The van der Waals surface area contributed by atoms with Gasteiger partial charge >= 0.3 is 5.97 Å². The van der Waals surface area contributed by atoms with Crippen LogP contribution in [0.15, 0.2) is 18.2 Å². The van der Waals surface area contributed by atoms with Crippen LogP contribution in [0.2, 0.25) is 5.02 Å². The Morgan fingerprint density at radius 3 is 2.83 bits per heavy atom. The first-order valence-corrected chi connectivity index (χ1v) is 8.08. The highest BCUT2D eigenvalue weighted by Gasteiger charge is 2.44. The Hall–Kier alpha value is -1.62. The Bertz CT molecular complexity index is 587. The van der Waals surface area contributed by atoms with E-state index in [0.29, 0.717) is 18.8 Å². The van der Waals surface area contributed by atoms with Crippen LogP contribution in [0.25, 0.3) is 0 Å². The molecule has 0 bridgehead atoms. The topological polar surface area (TPSA) is 55.4 Å². The molecule has 1 fully saturated rings. The lowest BCUT2D eigenvalue weighted by Gasteiger charge is -2.38. The van der Waals surface area contributed by atoms with Crippen LogP contribution in [0, 0.1) is 11.7 Å². The first-order valence-electron chi connectivity index (χ1n) is 7.70. The highest BCUT2D eigenvalue weighted by Crippen LogP contribution is 2.33. The van der Waals surface area contributed by atoms with Crippen LogP contribution in [0.4, 0.5) is 4.39 Å². The lowest BCUT2D eigenvalue weighted by molar-refractivity contribution is -0.153. The SMILES string of the molecule is COC(=O)C1(NC(=O)Cc2c(F)cccc2Cl)CCCC(C)C1. The third kappa shape index (κ3) is 4.02. The quantitative estimate of drug-likeness (QED) is 0.855. The van der Waals surface area contributed by atoms with E-state index in [2.05, 4.69) is 5.32 Å². The van der Waals surface area contributed by atoms with Crippen molar-refractivity contribution in [3.05, 3.63) is 34.6 Å². The van der Waals surface area contributed by atoms with E-state index in [0.717, 1.165) is 12.8 Å². The maximum atomic E-state index is 13.8. The van der Waals surface area contributed by atoms with Crippen molar-refractivity contribution in [2.24, 2.45) is 5.92 Å². The average Bonchev–Trinajstić information content (AvgIpc) is 2.50. The van der Waals surface area contributed by atoms with Crippen LogP contribution >= 0.6 is 11.6 Å². The minimum Gasteiger partial charge on any atom is -0.467 e. The van der Waals surface area contributed by atoms with E-state index in [4.69, 9.17) is 16.3 Å². The van der Waals surface area contributed by atoms with Gasteiger partial charge in [-0.25, -0.2) is 9.18 Å². The molecule has 2 rings (SSSR count). The molecular formula is C17H21ClFNO3. The molecular weight excluding hydrogens is 321 g/mol. The zero-order valence-corrected chi connectivity index (χ0v) is 14.1. The summed E-state index contributed by atoms with van der Waals surface area (Å²) >= 11 is 5.95. The minimum absolute atomic E-state index is 0.135. The Morgan fingerprint density at radius 1 is 1.48 bits per heavy atom. The summed E-state index contributed by atoms with van der Waals surface area (Å²) in [5, 5.41) is 2.98. The summed E-state index contributed by atoms with van der Waals surface area (Å²) in [5.41, 5.74) is -0.892. The number of esters is 1. The molecule has 0 heterocycles. The molecule has 1 N–H and O–H groups in total. The summed E-state index contributed by atoms with van der Waals surface area (Å²) in [6.45, 7) is 2.04. The van der Waals surface area contributed by atoms with Gasteiger partial charge in [0.1, 0.15) is 11.4 Å². The smallest absolute Gasteiger partial charge is 0.331 e. The van der Waals surface area contributed by atoms with Gasteiger partial charge in [0.15, 0.2) is 0 Å². The van der Waals surface area contributed by atoms with Gasteiger partial charge in [-0.1, -0.05) is 37.4 Å². The molecule has 0 radical (unpaired) electrons. The number of amides is 1. The molecule has 0 aliphatic heterocycles. The molecule has 4 nitrogen and oxygen atoms in total. The zero-order valence-electron chi connectivity index (χ0n) is 13.3. The summed E-state index contributed by atoms with van der Waals surface area (Å²) < 4.78 is 18.7. The van der Waals surface area contributed by atoms with E-state index in [1.165, 1.54) is 25.3 Å². The van der Waals surface area contributed by atoms with Crippen LogP contribution < -0.4 is 5.32 Å². The van der Waals surface area contributed by atoms with Crippen LogP contribution in [0.3, 0.4) is 0 Å². The van der Waals surface area contributed by atoms with Gasteiger partial charge in [0, 0.05) is 10.6 Å². The van der Waals surface area contributed by atoms with Crippen molar-refractivity contribution >= 4 is 23.5 Å². The highest BCUT2D eigenvalue weighted by molar-refractivity contribution is 6.31. The van der Waals surface area contributed by atoms with Crippen LogP contribution in [-0.2, 0) is 20.7 Å². The molecule has 1 aromatic carbocycles. The maximum absolute atomic E-state index is 13.8. The van der Waals surface area contributed by atoms with E-state index in [1.54, 1.807) is 0 Å². The molecule has 1 amide bonds. The Labute approximate surface area is 140 Å². The number of hydrogen-bond donors (Lipinski definition) is 1. The molecule has 1 aromatic rings. The predicted molar refractivity (Wildman–Crippen MR) is 85.6 cm³/mol. The summed E-state index contributed by atoms with van der Waals surface area (Å²) in [4.78, 5) is 24.6. The lowest BCUT2D eigenvalue weighted by atomic mass is 9.76. The zero-order chi connectivity index (χ0) is 17.0. The fourth-order valence-corrected chi connectivity index (χ4v) is 3.50. The van der Waals surface area contributed by atoms with Gasteiger partial charge in [-0.2, -0.15) is 0 Å². The number of carbonyl (C=O) groups excluding carboxylic acids is 2. The first kappa shape index (κ1) is 17.7. The molecule has 1 saturated carbocycles. The lowest BCUT2D eigenvalue weighted by Crippen LogP contribution is -2.57. The molecule has 0 aromatic heterocycles. The van der Waals surface area contributed by atoms with Gasteiger partial charge < -0.3 is 10.1 Å². The molecule has 126 valence electrons. The standard InChI is InChI=1S/C17H21ClFNO3/c1-11-5-4-8-17(10-11,16(22)23-2)20-15(21)9-12-13(18)6-3-7-14(12)19/h3,6-7,11H,4-5,8-10H2,1-2H3,(H,20,21). The number of methoxy groups -OCH3 is 1. The van der Waals surface area contributed by atoms with Gasteiger partial charge in [-0.05, 0) is 30.9 Å². The monoisotopic (exact) mass is 341 g/mol. The highest BCUT2D eigenvalue weighted by atomic mass is 35.5. The van der Waals surface area contributed by atoms with Crippen molar-refractivity contribution in [1.82, 2.24) is 5.32 Å². The molecule has 0 saturated heterocycles. The van der Waals surface area contributed by atoms with E-state index in [1.807, 2.05) is 6.92 Å². The first-order chi connectivity index (χ1) is 10.9. The van der Waals surface area contributed by atoms with Crippen molar-refractivity contribution in [2.75, 3.05) is 7.11 Å². The molecule has 6 heteroatoms. The number of hydrogen-bond acceptors (Lipinski definition) is 3. The summed E-state index contributed by atoms with van der Waals surface area (Å²) in [5.74, 6) is -1.11. The number of halogens is 2. The van der Waals surface area contributed by atoms with Crippen LogP contribution in [0.5, 0.6) is 0 Å². The largest absolute Gasteiger partial charge is 0.467 e.